The minimum absolute atomic E-state index is 0.0515. The van der Waals surface area contributed by atoms with Crippen LogP contribution in [-0.4, -0.2) is 21.4 Å². The van der Waals surface area contributed by atoms with Crippen LogP contribution in [0.3, 0.4) is 0 Å². The SMILES string of the molecule is CC(O)C(C)Sc1ncccc1F. The molecule has 0 spiro atoms. The van der Waals surface area contributed by atoms with Crippen molar-refractivity contribution in [2.24, 2.45) is 0 Å². The van der Waals surface area contributed by atoms with Gasteiger partial charge in [-0.2, -0.15) is 0 Å². The predicted molar refractivity (Wildman–Crippen MR) is 51.2 cm³/mol. The Balaban J connectivity index is 2.69. The van der Waals surface area contributed by atoms with Crippen LogP contribution in [0, 0.1) is 5.82 Å². The molecule has 13 heavy (non-hydrogen) atoms. The van der Waals surface area contributed by atoms with Gasteiger partial charge in [0, 0.05) is 11.4 Å². The van der Waals surface area contributed by atoms with Gasteiger partial charge >= 0.3 is 0 Å². The highest BCUT2D eigenvalue weighted by Gasteiger charge is 2.13. The van der Waals surface area contributed by atoms with Crippen molar-refractivity contribution in [3.8, 4) is 0 Å². The third-order valence-corrected chi connectivity index (χ3v) is 2.99. The van der Waals surface area contributed by atoms with E-state index in [2.05, 4.69) is 4.98 Å². The number of rotatable bonds is 3. The van der Waals surface area contributed by atoms with Gasteiger partial charge in [-0.3, -0.25) is 0 Å². The van der Waals surface area contributed by atoms with Gasteiger partial charge in [-0.25, -0.2) is 9.37 Å². The predicted octanol–water partition coefficient (Wildman–Crippen LogP) is 2.08. The fourth-order valence-corrected chi connectivity index (χ4v) is 1.58. The standard InChI is InChI=1S/C9H12FNOS/c1-6(12)7(2)13-9-8(10)4-3-5-11-9/h3-7,12H,1-2H3. The van der Waals surface area contributed by atoms with Gasteiger partial charge in [0.1, 0.15) is 5.03 Å². The maximum absolute atomic E-state index is 13.0. The first kappa shape index (κ1) is 10.5. The van der Waals surface area contributed by atoms with E-state index in [1.165, 1.54) is 17.8 Å². The number of aliphatic hydroxyl groups excluding tert-OH is 1. The zero-order valence-corrected chi connectivity index (χ0v) is 8.38. The molecule has 1 N–H and O–H groups in total. The van der Waals surface area contributed by atoms with Crippen LogP contribution >= 0.6 is 11.8 Å². The zero-order chi connectivity index (χ0) is 9.84. The minimum atomic E-state index is -0.466. The molecule has 0 bridgehead atoms. The lowest BCUT2D eigenvalue weighted by Crippen LogP contribution is -2.15. The molecule has 0 saturated heterocycles. The Morgan fingerprint density at radius 3 is 2.77 bits per heavy atom. The monoisotopic (exact) mass is 201 g/mol. The molecule has 0 radical (unpaired) electrons. The van der Waals surface area contributed by atoms with Crippen molar-refractivity contribution < 1.29 is 9.50 Å². The van der Waals surface area contributed by atoms with E-state index in [0.29, 0.717) is 5.03 Å². The summed E-state index contributed by atoms with van der Waals surface area (Å²) in [7, 11) is 0. The van der Waals surface area contributed by atoms with E-state index in [1.54, 1.807) is 19.2 Å². The highest BCUT2D eigenvalue weighted by molar-refractivity contribution is 7.99. The average Bonchev–Trinajstić information content (AvgIpc) is 2.08. The fraction of sp³-hybridized carbons (Fsp3) is 0.444. The molecule has 0 fully saturated rings. The Hall–Kier alpha value is -0.610. The number of aromatic nitrogens is 1. The van der Waals surface area contributed by atoms with E-state index in [-0.39, 0.29) is 11.1 Å². The van der Waals surface area contributed by atoms with Crippen molar-refractivity contribution in [1.82, 2.24) is 4.98 Å². The molecule has 2 nitrogen and oxygen atoms in total. The molecular formula is C9H12FNOS. The van der Waals surface area contributed by atoms with E-state index in [4.69, 9.17) is 0 Å². The van der Waals surface area contributed by atoms with Gasteiger partial charge in [-0.05, 0) is 19.1 Å². The molecule has 0 saturated carbocycles. The van der Waals surface area contributed by atoms with Gasteiger partial charge in [0.25, 0.3) is 0 Å². The third kappa shape index (κ3) is 2.97. The summed E-state index contributed by atoms with van der Waals surface area (Å²) >= 11 is 1.24. The van der Waals surface area contributed by atoms with Crippen molar-refractivity contribution in [1.29, 1.82) is 0 Å². The number of nitrogens with zero attached hydrogens (tertiary/aromatic N) is 1. The van der Waals surface area contributed by atoms with E-state index in [9.17, 15) is 9.50 Å². The van der Waals surface area contributed by atoms with Crippen molar-refractivity contribution in [3.63, 3.8) is 0 Å². The minimum Gasteiger partial charge on any atom is -0.392 e. The number of aliphatic hydroxyl groups is 1. The lowest BCUT2D eigenvalue weighted by Gasteiger charge is -2.13. The van der Waals surface area contributed by atoms with Gasteiger partial charge in [-0.1, -0.05) is 18.7 Å². The van der Waals surface area contributed by atoms with Crippen LogP contribution < -0.4 is 0 Å². The Kier molecular flexibility index (Phi) is 3.69. The molecule has 1 heterocycles. The number of hydrogen-bond donors (Lipinski definition) is 1. The fourth-order valence-electron chi connectivity index (χ4n) is 0.732. The first-order valence-corrected chi connectivity index (χ1v) is 4.94. The van der Waals surface area contributed by atoms with Crippen LogP contribution in [0.5, 0.6) is 0 Å². The second kappa shape index (κ2) is 4.58. The van der Waals surface area contributed by atoms with Crippen LogP contribution in [0.1, 0.15) is 13.8 Å². The maximum atomic E-state index is 13.0. The molecule has 0 aliphatic heterocycles. The third-order valence-electron chi connectivity index (χ3n) is 1.70. The molecular weight excluding hydrogens is 189 g/mol. The second-order valence-electron chi connectivity index (χ2n) is 2.85. The van der Waals surface area contributed by atoms with Crippen LogP contribution in [-0.2, 0) is 0 Å². The first-order chi connectivity index (χ1) is 6.11. The number of hydrogen-bond acceptors (Lipinski definition) is 3. The summed E-state index contributed by atoms with van der Waals surface area (Å²) in [6.07, 6.45) is 1.08. The Morgan fingerprint density at radius 2 is 2.23 bits per heavy atom. The second-order valence-corrected chi connectivity index (χ2v) is 4.22. The maximum Gasteiger partial charge on any atom is 0.155 e. The molecule has 1 rings (SSSR count). The van der Waals surface area contributed by atoms with Crippen molar-refractivity contribution >= 4 is 11.8 Å². The van der Waals surface area contributed by atoms with Gasteiger partial charge in [0.15, 0.2) is 5.82 Å². The first-order valence-electron chi connectivity index (χ1n) is 4.06. The quantitative estimate of drug-likeness (QED) is 0.760. The highest BCUT2D eigenvalue weighted by Crippen LogP contribution is 2.25. The summed E-state index contributed by atoms with van der Waals surface area (Å²) < 4.78 is 13.0. The molecule has 4 heteroatoms. The Bertz CT molecular complexity index is 280. The molecule has 1 aromatic rings. The normalized spacial score (nSPS) is 15.4. The summed E-state index contributed by atoms with van der Waals surface area (Å²) in [5.41, 5.74) is 0. The average molecular weight is 201 g/mol. The molecule has 1 aromatic heterocycles. The highest BCUT2D eigenvalue weighted by atomic mass is 32.2. The molecule has 0 aliphatic carbocycles. The molecule has 2 unspecified atom stereocenters. The number of halogens is 1. The van der Waals surface area contributed by atoms with Crippen LogP contribution in [0.4, 0.5) is 4.39 Å². The van der Waals surface area contributed by atoms with Gasteiger partial charge in [0.2, 0.25) is 0 Å². The summed E-state index contributed by atoms with van der Waals surface area (Å²) in [6, 6.07) is 2.91. The van der Waals surface area contributed by atoms with Crippen LogP contribution in [0.15, 0.2) is 23.4 Å². The molecule has 72 valence electrons. The van der Waals surface area contributed by atoms with Crippen molar-refractivity contribution in [2.45, 2.75) is 30.2 Å². The Morgan fingerprint density at radius 1 is 1.54 bits per heavy atom. The Labute approximate surface area is 81.2 Å². The summed E-state index contributed by atoms with van der Waals surface area (Å²) in [6.45, 7) is 3.52. The largest absolute Gasteiger partial charge is 0.392 e. The number of thioether (sulfide) groups is 1. The van der Waals surface area contributed by atoms with E-state index < -0.39 is 6.10 Å². The van der Waals surface area contributed by atoms with Crippen LogP contribution in [0.2, 0.25) is 0 Å². The zero-order valence-electron chi connectivity index (χ0n) is 7.57. The summed E-state index contributed by atoms with van der Waals surface area (Å²) in [5.74, 6) is -0.333. The molecule has 0 amide bonds. The van der Waals surface area contributed by atoms with Crippen LogP contribution in [0.25, 0.3) is 0 Å². The molecule has 2 atom stereocenters. The van der Waals surface area contributed by atoms with Gasteiger partial charge < -0.3 is 5.11 Å². The van der Waals surface area contributed by atoms with Gasteiger partial charge in [0.05, 0.1) is 6.10 Å². The lowest BCUT2D eigenvalue weighted by molar-refractivity contribution is 0.196. The summed E-state index contributed by atoms with van der Waals surface area (Å²) in [5, 5.41) is 9.49. The lowest BCUT2D eigenvalue weighted by atomic mass is 10.3. The van der Waals surface area contributed by atoms with E-state index in [1.807, 2.05) is 6.92 Å². The van der Waals surface area contributed by atoms with Crippen molar-refractivity contribution in [3.05, 3.63) is 24.1 Å². The van der Waals surface area contributed by atoms with E-state index in [0.717, 1.165) is 0 Å². The smallest absolute Gasteiger partial charge is 0.155 e. The molecule has 0 aliphatic rings. The van der Waals surface area contributed by atoms with Crippen molar-refractivity contribution in [2.75, 3.05) is 0 Å². The van der Waals surface area contributed by atoms with Gasteiger partial charge in [-0.15, -0.1) is 0 Å². The van der Waals surface area contributed by atoms with E-state index >= 15 is 0 Å². The summed E-state index contributed by atoms with van der Waals surface area (Å²) in [4.78, 5) is 3.88. The molecule has 0 aromatic carbocycles. The number of pyridine rings is 1. The topological polar surface area (TPSA) is 33.1 Å².